The van der Waals surface area contributed by atoms with Gasteiger partial charge in [0.15, 0.2) is 0 Å². The van der Waals surface area contributed by atoms with Gasteiger partial charge in [-0.2, -0.15) is 0 Å². The van der Waals surface area contributed by atoms with Gasteiger partial charge in [0.05, 0.1) is 24.0 Å². The lowest BCUT2D eigenvalue weighted by molar-refractivity contribution is -0.308. The van der Waals surface area contributed by atoms with E-state index in [2.05, 4.69) is 5.32 Å². The van der Waals surface area contributed by atoms with Gasteiger partial charge in [0.25, 0.3) is 0 Å². The highest BCUT2D eigenvalue weighted by atomic mass is 16.4. The summed E-state index contributed by atoms with van der Waals surface area (Å²) in [6, 6.07) is 2.46. The number of aryl methyl sites for hydroxylation is 3. The van der Waals surface area contributed by atoms with E-state index < -0.39 is 23.5 Å². The number of carboxylic acid groups (broad SMARTS) is 1. The Bertz CT molecular complexity index is 1170. The van der Waals surface area contributed by atoms with E-state index in [9.17, 15) is 19.5 Å². The van der Waals surface area contributed by atoms with Gasteiger partial charge in [-0.3, -0.25) is 4.79 Å². The van der Waals surface area contributed by atoms with Gasteiger partial charge in [-0.15, -0.1) is 0 Å². The van der Waals surface area contributed by atoms with Gasteiger partial charge in [0, 0.05) is 16.8 Å². The molecule has 0 radical (unpaired) electrons. The number of rotatable bonds is 6. The Kier molecular flexibility index (Phi) is 5.50. The van der Waals surface area contributed by atoms with Crippen molar-refractivity contribution in [2.45, 2.75) is 53.5 Å². The largest absolute Gasteiger partial charge is 0.548 e. The van der Waals surface area contributed by atoms with Crippen molar-refractivity contribution in [1.29, 1.82) is 0 Å². The number of carboxylic acids is 1. The number of carbonyl (C=O) groups excluding carboxylic acids is 2. The number of nitrogens with one attached hydrogen (secondary N) is 1. The molecule has 1 amide bonds. The first kappa shape index (κ1) is 20.6. The predicted molar refractivity (Wildman–Crippen MR) is 107 cm³/mol. The zero-order valence-corrected chi connectivity index (χ0v) is 17.2. The number of benzene rings is 1. The number of amides is 1. The molecule has 3 aromatic rings. The molecule has 29 heavy (non-hydrogen) atoms. The monoisotopic (exact) mass is 398 g/mol. The summed E-state index contributed by atoms with van der Waals surface area (Å²) in [5, 5.41) is 15.3. The molecule has 0 saturated carbocycles. The fourth-order valence-corrected chi connectivity index (χ4v) is 3.52. The summed E-state index contributed by atoms with van der Waals surface area (Å²) < 4.78 is 11.1. The van der Waals surface area contributed by atoms with E-state index in [0.717, 1.165) is 16.7 Å². The van der Waals surface area contributed by atoms with Crippen molar-refractivity contribution in [2.75, 3.05) is 0 Å². The Balaban J connectivity index is 1.97. The summed E-state index contributed by atoms with van der Waals surface area (Å²) in [6.07, 6.45) is -0.0239. The third-order valence-electron chi connectivity index (χ3n) is 5.25. The van der Waals surface area contributed by atoms with Crippen molar-refractivity contribution in [3.05, 3.63) is 45.0 Å². The highest BCUT2D eigenvalue weighted by Gasteiger charge is 2.20. The van der Waals surface area contributed by atoms with Crippen LogP contribution in [0.3, 0.4) is 0 Å². The van der Waals surface area contributed by atoms with Crippen LogP contribution in [0, 0.1) is 26.7 Å². The fourth-order valence-electron chi connectivity index (χ4n) is 3.52. The number of hydrogen-bond donors (Lipinski definition) is 1. The molecule has 3 rings (SSSR count). The Hall–Kier alpha value is -3.09. The Labute approximate surface area is 167 Å². The summed E-state index contributed by atoms with van der Waals surface area (Å²) in [5.41, 5.74) is 2.21. The topological polar surface area (TPSA) is 113 Å². The van der Waals surface area contributed by atoms with Crippen molar-refractivity contribution in [1.82, 2.24) is 5.32 Å². The Morgan fingerprint density at radius 3 is 2.28 bits per heavy atom. The zero-order valence-electron chi connectivity index (χ0n) is 17.2. The second kappa shape index (κ2) is 7.73. The second-order valence-electron chi connectivity index (χ2n) is 7.87. The molecule has 0 unspecified atom stereocenters. The highest BCUT2D eigenvalue weighted by Crippen LogP contribution is 2.31. The SMILES string of the molecule is Cc1oc2cc3oc(=O)c(CC(=O)N[C@H](CC(C)C)C(=O)[O-])c(C)c3cc2c1C. The second-order valence-corrected chi connectivity index (χ2v) is 7.87. The first-order chi connectivity index (χ1) is 13.6. The van der Waals surface area contributed by atoms with Gasteiger partial charge < -0.3 is 24.1 Å². The van der Waals surface area contributed by atoms with Gasteiger partial charge >= 0.3 is 5.63 Å². The maximum atomic E-state index is 12.5. The molecule has 1 N–H and O–H groups in total. The van der Waals surface area contributed by atoms with Crippen LogP contribution >= 0.6 is 0 Å². The maximum Gasteiger partial charge on any atom is 0.340 e. The number of fused-ring (bicyclic) bond motifs is 2. The Morgan fingerprint density at radius 2 is 1.66 bits per heavy atom. The molecular formula is C22H24NO6-. The smallest absolute Gasteiger partial charge is 0.340 e. The van der Waals surface area contributed by atoms with Gasteiger partial charge in [-0.05, 0) is 50.3 Å². The number of hydrogen-bond acceptors (Lipinski definition) is 6. The average Bonchev–Trinajstić information content (AvgIpc) is 2.90. The fraction of sp³-hybridized carbons (Fsp3) is 0.409. The molecule has 7 heteroatoms. The first-order valence-corrected chi connectivity index (χ1v) is 9.54. The quantitative estimate of drug-likeness (QED) is 0.638. The molecule has 0 aliphatic heterocycles. The van der Waals surface area contributed by atoms with E-state index in [4.69, 9.17) is 8.83 Å². The lowest BCUT2D eigenvalue weighted by Crippen LogP contribution is -2.49. The summed E-state index contributed by atoms with van der Waals surface area (Å²) in [4.78, 5) is 36.2. The molecule has 0 saturated heterocycles. The molecule has 1 aromatic carbocycles. The molecule has 0 fully saturated rings. The van der Waals surface area contributed by atoms with Crippen molar-refractivity contribution in [3.63, 3.8) is 0 Å². The highest BCUT2D eigenvalue weighted by molar-refractivity contribution is 5.97. The van der Waals surface area contributed by atoms with Crippen molar-refractivity contribution >= 4 is 33.8 Å². The zero-order chi connectivity index (χ0) is 21.5. The molecule has 0 bridgehead atoms. The summed E-state index contributed by atoms with van der Waals surface area (Å²) >= 11 is 0. The minimum Gasteiger partial charge on any atom is -0.548 e. The molecule has 154 valence electrons. The van der Waals surface area contributed by atoms with E-state index in [0.29, 0.717) is 22.1 Å². The van der Waals surface area contributed by atoms with Gasteiger partial charge in [0.1, 0.15) is 16.9 Å². The van der Waals surface area contributed by atoms with Crippen LogP contribution in [0.2, 0.25) is 0 Å². The molecule has 2 aromatic heterocycles. The van der Waals surface area contributed by atoms with Crippen molar-refractivity contribution < 1.29 is 23.5 Å². The number of furan rings is 1. The lowest BCUT2D eigenvalue weighted by Gasteiger charge is -2.21. The molecule has 0 spiro atoms. The number of aliphatic carboxylic acids is 1. The normalized spacial score (nSPS) is 12.6. The van der Waals surface area contributed by atoms with E-state index in [-0.39, 0.29) is 24.3 Å². The van der Waals surface area contributed by atoms with E-state index >= 15 is 0 Å². The van der Waals surface area contributed by atoms with Crippen LogP contribution < -0.4 is 16.0 Å². The van der Waals surface area contributed by atoms with Crippen LogP contribution in [0.15, 0.2) is 25.8 Å². The summed E-state index contributed by atoms with van der Waals surface area (Å²) in [6.45, 7) is 9.27. The van der Waals surface area contributed by atoms with Gasteiger partial charge in [0.2, 0.25) is 5.91 Å². The molecule has 2 heterocycles. The van der Waals surface area contributed by atoms with Crippen LogP contribution in [-0.2, 0) is 16.0 Å². The maximum absolute atomic E-state index is 12.5. The molecule has 7 nitrogen and oxygen atoms in total. The van der Waals surface area contributed by atoms with E-state index in [1.165, 1.54) is 0 Å². The molecular weight excluding hydrogens is 374 g/mol. The van der Waals surface area contributed by atoms with Crippen LogP contribution in [0.1, 0.15) is 42.7 Å². The van der Waals surface area contributed by atoms with Crippen molar-refractivity contribution in [2.24, 2.45) is 5.92 Å². The standard InChI is InChI=1S/C22H25NO6/c1-10(2)6-17(21(25)26)23-20(24)8-16-12(4)15-7-14-11(3)13(5)28-18(14)9-19(15)29-22(16)27/h7,9-10,17H,6,8H2,1-5H3,(H,23,24)(H,25,26)/p-1/t17-/m1/s1. The first-order valence-electron chi connectivity index (χ1n) is 9.54. The van der Waals surface area contributed by atoms with Gasteiger partial charge in [-0.25, -0.2) is 4.79 Å². The molecule has 1 atom stereocenters. The van der Waals surface area contributed by atoms with E-state index in [1.807, 2.05) is 33.8 Å². The van der Waals surface area contributed by atoms with Crippen LogP contribution in [0.4, 0.5) is 0 Å². The summed E-state index contributed by atoms with van der Waals surface area (Å²) in [7, 11) is 0. The third kappa shape index (κ3) is 4.04. The minimum absolute atomic E-state index is 0.0646. The van der Waals surface area contributed by atoms with Crippen molar-refractivity contribution in [3.8, 4) is 0 Å². The van der Waals surface area contributed by atoms with Crippen LogP contribution in [-0.4, -0.2) is 17.9 Å². The average molecular weight is 398 g/mol. The Morgan fingerprint density at radius 1 is 1.03 bits per heavy atom. The number of carbonyl (C=O) groups is 2. The van der Waals surface area contributed by atoms with Crippen LogP contribution in [0.5, 0.6) is 0 Å². The molecule has 0 aliphatic rings. The van der Waals surface area contributed by atoms with Crippen LogP contribution in [0.25, 0.3) is 21.9 Å². The van der Waals surface area contributed by atoms with Gasteiger partial charge in [-0.1, -0.05) is 13.8 Å². The minimum atomic E-state index is -1.34. The lowest BCUT2D eigenvalue weighted by atomic mass is 10.0. The third-order valence-corrected chi connectivity index (χ3v) is 5.25. The van der Waals surface area contributed by atoms with E-state index in [1.54, 1.807) is 13.0 Å². The summed E-state index contributed by atoms with van der Waals surface area (Å²) in [5.74, 6) is -1.06. The molecule has 0 aliphatic carbocycles. The predicted octanol–water partition coefficient (Wildman–Crippen LogP) is 2.29.